The van der Waals surface area contributed by atoms with Gasteiger partial charge in [0.25, 0.3) is 0 Å². The maximum absolute atomic E-state index is 11.2. The van der Waals surface area contributed by atoms with Crippen molar-refractivity contribution in [1.29, 1.82) is 0 Å². The van der Waals surface area contributed by atoms with Crippen molar-refractivity contribution in [3.8, 4) is 0 Å². The van der Waals surface area contributed by atoms with E-state index in [1.165, 1.54) is 12.8 Å². The molecule has 3 unspecified atom stereocenters. The van der Waals surface area contributed by atoms with Crippen LogP contribution in [-0.4, -0.2) is 5.78 Å². The van der Waals surface area contributed by atoms with E-state index in [1.807, 2.05) is 0 Å². The molecule has 0 aromatic rings. The Morgan fingerprint density at radius 1 is 1.60 bits per heavy atom. The van der Waals surface area contributed by atoms with Crippen LogP contribution in [0.2, 0.25) is 0 Å². The fourth-order valence-corrected chi connectivity index (χ4v) is 2.66. The lowest BCUT2D eigenvalue weighted by Gasteiger charge is -2.42. The van der Waals surface area contributed by atoms with Crippen molar-refractivity contribution in [2.75, 3.05) is 0 Å². The lowest BCUT2D eigenvalue weighted by atomic mass is 9.62. The van der Waals surface area contributed by atoms with Crippen LogP contribution in [0.1, 0.15) is 33.1 Å². The van der Waals surface area contributed by atoms with Crippen LogP contribution in [0.5, 0.6) is 0 Å². The summed E-state index contributed by atoms with van der Waals surface area (Å²) in [5, 5.41) is 0. The Kier molecular flexibility index (Phi) is 1.04. The predicted octanol–water partition coefficient (Wildman–Crippen LogP) is 2.01. The van der Waals surface area contributed by atoms with Crippen LogP contribution in [0.3, 0.4) is 0 Å². The van der Waals surface area contributed by atoms with Gasteiger partial charge in [0.1, 0.15) is 5.78 Å². The molecular formula is C9H14O. The van der Waals surface area contributed by atoms with Crippen molar-refractivity contribution in [1.82, 2.24) is 0 Å². The Bertz CT molecular complexity index is 185. The van der Waals surface area contributed by atoms with Gasteiger partial charge < -0.3 is 0 Å². The van der Waals surface area contributed by atoms with Crippen molar-refractivity contribution < 1.29 is 4.79 Å². The molecule has 0 saturated heterocycles. The number of ketones is 1. The van der Waals surface area contributed by atoms with E-state index < -0.39 is 0 Å². The number of Topliss-reactive ketones (excluding diaryl/α,β-unsaturated/α-hetero) is 1. The molecule has 2 rings (SSSR count). The van der Waals surface area contributed by atoms with E-state index in [0.29, 0.717) is 17.1 Å². The fourth-order valence-electron chi connectivity index (χ4n) is 2.66. The summed E-state index contributed by atoms with van der Waals surface area (Å²) in [7, 11) is 0. The monoisotopic (exact) mass is 138 g/mol. The van der Waals surface area contributed by atoms with Gasteiger partial charge in [-0.15, -0.1) is 0 Å². The second-order valence-corrected chi connectivity index (χ2v) is 4.23. The molecule has 0 heterocycles. The zero-order valence-corrected chi connectivity index (χ0v) is 6.68. The Morgan fingerprint density at radius 2 is 2.30 bits per heavy atom. The lowest BCUT2D eigenvalue weighted by Crippen LogP contribution is -2.34. The predicted molar refractivity (Wildman–Crippen MR) is 39.6 cm³/mol. The summed E-state index contributed by atoms with van der Waals surface area (Å²) in [6.07, 6.45) is 3.44. The number of hydrogen-bond donors (Lipinski definition) is 0. The summed E-state index contributed by atoms with van der Waals surface area (Å²) in [4.78, 5) is 11.2. The molecular weight excluding hydrogens is 124 g/mol. The van der Waals surface area contributed by atoms with Crippen LogP contribution < -0.4 is 0 Å². The molecule has 0 amide bonds. The van der Waals surface area contributed by atoms with E-state index in [-0.39, 0.29) is 0 Å². The first kappa shape index (κ1) is 6.38. The number of fused-ring (bicyclic) bond motifs is 1. The summed E-state index contributed by atoms with van der Waals surface area (Å²) in [6.45, 7) is 4.36. The first-order chi connectivity index (χ1) is 4.63. The molecule has 0 aromatic heterocycles. The molecule has 0 N–H and O–H groups in total. The normalized spacial score (nSPS) is 52.4. The second kappa shape index (κ2) is 1.63. The standard InChI is InChI=1S/C9H14O/c1-6-7-3-4-9(7,2)5-8(6)10/h6-7H,3-5H2,1-2H3. The zero-order valence-electron chi connectivity index (χ0n) is 6.68. The van der Waals surface area contributed by atoms with Crippen LogP contribution in [0, 0.1) is 17.3 Å². The topological polar surface area (TPSA) is 17.1 Å². The molecule has 2 saturated carbocycles. The molecule has 2 aliphatic carbocycles. The quantitative estimate of drug-likeness (QED) is 0.500. The molecule has 56 valence electrons. The van der Waals surface area contributed by atoms with E-state index in [4.69, 9.17) is 0 Å². The maximum Gasteiger partial charge on any atom is 0.136 e. The average Bonchev–Trinajstić information content (AvgIpc) is 1.95. The highest BCUT2D eigenvalue weighted by Gasteiger charge is 2.53. The number of carbonyl (C=O) groups excluding carboxylic acids is 1. The van der Waals surface area contributed by atoms with Crippen LogP contribution >= 0.6 is 0 Å². The maximum atomic E-state index is 11.2. The van der Waals surface area contributed by atoms with Gasteiger partial charge in [0.2, 0.25) is 0 Å². The molecule has 0 bridgehead atoms. The molecule has 2 fully saturated rings. The summed E-state index contributed by atoms with van der Waals surface area (Å²) < 4.78 is 0. The van der Waals surface area contributed by atoms with Crippen LogP contribution in [0.4, 0.5) is 0 Å². The second-order valence-electron chi connectivity index (χ2n) is 4.23. The van der Waals surface area contributed by atoms with E-state index in [0.717, 1.165) is 12.3 Å². The molecule has 1 heteroatoms. The molecule has 0 aromatic carbocycles. The Hall–Kier alpha value is -0.330. The minimum atomic E-state index is 0.374. The summed E-state index contributed by atoms with van der Waals surface area (Å²) >= 11 is 0. The van der Waals surface area contributed by atoms with Crippen LogP contribution in [-0.2, 0) is 4.79 Å². The largest absolute Gasteiger partial charge is 0.299 e. The first-order valence-electron chi connectivity index (χ1n) is 4.16. The molecule has 0 radical (unpaired) electrons. The summed E-state index contributed by atoms with van der Waals surface area (Å²) in [5.41, 5.74) is 0.427. The van der Waals surface area contributed by atoms with Crippen molar-refractivity contribution in [3.05, 3.63) is 0 Å². The third kappa shape index (κ3) is 0.561. The highest BCUT2D eigenvalue weighted by molar-refractivity contribution is 5.84. The third-order valence-corrected chi connectivity index (χ3v) is 3.61. The highest BCUT2D eigenvalue weighted by atomic mass is 16.1. The first-order valence-corrected chi connectivity index (χ1v) is 4.16. The number of rotatable bonds is 0. The van der Waals surface area contributed by atoms with Gasteiger partial charge in [0, 0.05) is 12.3 Å². The van der Waals surface area contributed by atoms with E-state index in [9.17, 15) is 4.79 Å². The van der Waals surface area contributed by atoms with Gasteiger partial charge in [0.15, 0.2) is 0 Å². The minimum absolute atomic E-state index is 0.374. The van der Waals surface area contributed by atoms with Crippen molar-refractivity contribution in [2.45, 2.75) is 33.1 Å². The molecule has 3 atom stereocenters. The highest BCUT2D eigenvalue weighted by Crippen LogP contribution is 2.57. The summed E-state index contributed by atoms with van der Waals surface area (Å²) in [6, 6.07) is 0. The molecule has 0 spiro atoms. The van der Waals surface area contributed by atoms with Crippen molar-refractivity contribution >= 4 is 5.78 Å². The van der Waals surface area contributed by atoms with E-state index in [1.54, 1.807) is 0 Å². The lowest BCUT2D eigenvalue weighted by molar-refractivity contribution is -0.120. The summed E-state index contributed by atoms with van der Waals surface area (Å²) in [5.74, 6) is 1.61. The molecule has 0 aliphatic heterocycles. The van der Waals surface area contributed by atoms with Gasteiger partial charge in [-0.05, 0) is 24.2 Å². The third-order valence-electron chi connectivity index (χ3n) is 3.61. The fraction of sp³-hybridized carbons (Fsp3) is 0.889. The van der Waals surface area contributed by atoms with E-state index in [2.05, 4.69) is 13.8 Å². The van der Waals surface area contributed by atoms with Gasteiger partial charge in [-0.3, -0.25) is 4.79 Å². The van der Waals surface area contributed by atoms with Crippen LogP contribution in [0.15, 0.2) is 0 Å². The van der Waals surface area contributed by atoms with E-state index >= 15 is 0 Å². The number of carbonyl (C=O) groups is 1. The van der Waals surface area contributed by atoms with Crippen molar-refractivity contribution in [2.24, 2.45) is 17.3 Å². The Balaban J connectivity index is 2.25. The van der Waals surface area contributed by atoms with Gasteiger partial charge in [-0.25, -0.2) is 0 Å². The molecule has 10 heavy (non-hydrogen) atoms. The van der Waals surface area contributed by atoms with Crippen molar-refractivity contribution in [3.63, 3.8) is 0 Å². The van der Waals surface area contributed by atoms with Gasteiger partial charge in [0.05, 0.1) is 0 Å². The zero-order chi connectivity index (χ0) is 7.35. The minimum Gasteiger partial charge on any atom is -0.299 e. The molecule has 2 aliphatic rings. The van der Waals surface area contributed by atoms with Crippen LogP contribution in [0.25, 0.3) is 0 Å². The molecule has 1 nitrogen and oxygen atoms in total. The van der Waals surface area contributed by atoms with Gasteiger partial charge >= 0.3 is 0 Å². The smallest absolute Gasteiger partial charge is 0.136 e. The number of hydrogen-bond acceptors (Lipinski definition) is 1. The average molecular weight is 138 g/mol. The Labute approximate surface area is 61.8 Å². The van der Waals surface area contributed by atoms with Gasteiger partial charge in [-0.2, -0.15) is 0 Å². The SMILES string of the molecule is CC1C(=O)CC2(C)CCC12. The van der Waals surface area contributed by atoms with Gasteiger partial charge in [-0.1, -0.05) is 13.8 Å². The Morgan fingerprint density at radius 3 is 2.50 bits per heavy atom.